The predicted molar refractivity (Wildman–Crippen MR) is 81.1 cm³/mol. The molecular weight excluding hydrogens is 252 g/mol. The lowest BCUT2D eigenvalue weighted by atomic mass is 9.91. The number of aliphatic hydroxyl groups is 1. The molecule has 0 amide bonds. The van der Waals surface area contributed by atoms with E-state index in [1.54, 1.807) is 0 Å². The van der Waals surface area contributed by atoms with Gasteiger partial charge in [-0.2, -0.15) is 0 Å². The molecule has 1 saturated heterocycles. The number of hydrogen-bond donors (Lipinski definition) is 1. The van der Waals surface area contributed by atoms with E-state index >= 15 is 0 Å². The van der Waals surface area contributed by atoms with Crippen LogP contribution in [-0.4, -0.2) is 35.9 Å². The van der Waals surface area contributed by atoms with Crippen molar-refractivity contribution in [1.82, 2.24) is 4.98 Å². The van der Waals surface area contributed by atoms with E-state index in [-0.39, 0.29) is 18.1 Å². The molecule has 0 aliphatic carbocycles. The van der Waals surface area contributed by atoms with Gasteiger partial charge in [0.25, 0.3) is 0 Å². The predicted octanol–water partition coefficient (Wildman–Crippen LogP) is 2.49. The second-order valence-electron chi connectivity index (χ2n) is 6.61. The van der Waals surface area contributed by atoms with E-state index in [0.29, 0.717) is 0 Å². The molecule has 1 unspecified atom stereocenters. The number of anilines is 1. The normalized spacial score (nSPS) is 20.9. The van der Waals surface area contributed by atoms with Gasteiger partial charge in [0.1, 0.15) is 5.82 Å². The van der Waals surface area contributed by atoms with Crippen LogP contribution >= 0.6 is 0 Å². The Balaban J connectivity index is 2.34. The fraction of sp³-hybridized carbons (Fsp3) is 0.688. The van der Waals surface area contributed by atoms with Gasteiger partial charge in [0.05, 0.1) is 12.7 Å². The highest BCUT2D eigenvalue weighted by Gasteiger charge is 2.21. The molecular formula is C16H26N2O2. The van der Waals surface area contributed by atoms with Crippen LogP contribution in [0.15, 0.2) is 12.1 Å². The highest BCUT2D eigenvalue weighted by atomic mass is 16.5. The smallest absolute Gasteiger partial charge is 0.129 e. The van der Waals surface area contributed by atoms with Gasteiger partial charge in [0.2, 0.25) is 0 Å². The maximum absolute atomic E-state index is 9.49. The summed E-state index contributed by atoms with van der Waals surface area (Å²) in [4.78, 5) is 7.08. The lowest BCUT2D eigenvalue weighted by molar-refractivity contribution is 0.0820. The molecule has 0 saturated carbocycles. The molecule has 0 bridgehead atoms. The Morgan fingerprint density at radius 2 is 2.15 bits per heavy atom. The number of aromatic nitrogens is 1. The van der Waals surface area contributed by atoms with Crippen LogP contribution in [0.1, 0.15) is 45.4 Å². The van der Waals surface area contributed by atoms with Gasteiger partial charge in [-0.3, -0.25) is 0 Å². The molecule has 1 aromatic rings. The molecule has 1 aromatic heterocycles. The van der Waals surface area contributed by atoms with Crippen LogP contribution in [-0.2, 0) is 16.8 Å². The van der Waals surface area contributed by atoms with Crippen molar-refractivity contribution in [2.24, 2.45) is 0 Å². The lowest BCUT2D eigenvalue weighted by Gasteiger charge is -2.26. The molecule has 0 aromatic carbocycles. The first-order chi connectivity index (χ1) is 9.40. The molecule has 20 heavy (non-hydrogen) atoms. The molecule has 1 fully saturated rings. The van der Waals surface area contributed by atoms with Crippen molar-refractivity contribution in [2.45, 2.75) is 52.2 Å². The van der Waals surface area contributed by atoms with Gasteiger partial charge >= 0.3 is 0 Å². The molecule has 2 heterocycles. The van der Waals surface area contributed by atoms with Crippen LogP contribution < -0.4 is 4.90 Å². The van der Waals surface area contributed by atoms with Crippen LogP contribution in [0, 0.1) is 0 Å². The minimum Gasteiger partial charge on any atom is -0.392 e. The summed E-state index contributed by atoms with van der Waals surface area (Å²) in [7, 11) is 0. The van der Waals surface area contributed by atoms with Crippen molar-refractivity contribution >= 4 is 5.82 Å². The third-order valence-corrected chi connectivity index (χ3v) is 3.60. The first-order valence-electron chi connectivity index (χ1n) is 7.39. The maximum Gasteiger partial charge on any atom is 0.129 e. The summed E-state index contributed by atoms with van der Waals surface area (Å²) in [5.41, 5.74) is 1.93. The van der Waals surface area contributed by atoms with Crippen molar-refractivity contribution in [1.29, 1.82) is 0 Å². The Labute approximate surface area is 121 Å². The Morgan fingerprint density at radius 1 is 1.40 bits per heavy atom. The van der Waals surface area contributed by atoms with Crippen molar-refractivity contribution in [3.05, 3.63) is 23.4 Å². The van der Waals surface area contributed by atoms with E-state index in [1.165, 1.54) is 0 Å². The van der Waals surface area contributed by atoms with Crippen molar-refractivity contribution in [3.8, 4) is 0 Å². The van der Waals surface area contributed by atoms with Gasteiger partial charge in [-0.25, -0.2) is 4.98 Å². The van der Waals surface area contributed by atoms with Crippen LogP contribution in [0.2, 0.25) is 0 Å². The highest BCUT2D eigenvalue weighted by molar-refractivity contribution is 5.44. The van der Waals surface area contributed by atoms with Crippen LogP contribution in [0.25, 0.3) is 0 Å². The topological polar surface area (TPSA) is 45.6 Å². The number of nitrogens with zero attached hydrogens (tertiary/aromatic N) is 2. The van der Waals surface area contributed by atoms with Gasteiger partial charge in [-0.05, 0) is 31.0 Å². The molecule has 0 radical (unpaired) electrons. The van der Waals surface area contributed by atoms with E-state index in [0.717, 1.165) is 43.2 Å². The third-order valence-electron chi connectivity index (χ3n) is 3.60. The zero-order chi connectivity index (χ0) is 14.8. The Kier molecular flexibility index (Phi) is 4.66. The molecule has 1 N–H and O–H groups in total. The molecule has 4 nitrogen and oxygen atoms in total. The first-order valence-corrected chi connectivity index (χ1v) is 7.39. The number of pyridine rings is 1. The summed E-state index contributed by atoms with van der Waals surface area (Å²) < 4.78 is 5.69. The zero-order valence-electron chi connectivity index (χ0n) is 13.0. The average molecular weight is 278 g/mol. The molecule has 2 rings (SSSR count). The van der Waals surface area contributed by atoms with E-state index in [2.05, 4.69) is 32.6 Å². The lowest BCUT2D eigenvalue weighted by Crippen LogP contribution is -2.31. The minimum absolute atomic E-state index is 0.0199. The fourth-order valence-corrected chi connectivity index (χ4v) is 2.41. The number of rotatable bonds is 2. The van der Waals surface area contributed by atoms with Crippen LogP contribution in [0.5, 0.6) is 0 Å². The molecule has 0 spiro atoms. The van der Waals surface area contributed by atoms with Gasteiger partial charge in [-0.1, -0.05) is 20.8 Å². The SMILES string of the molecule is CC1CN(c2cc(CO)cc(C(C)(C)C)n2)CCCO1. The van der Waals surface area contributed by atoms with Crippen LogP contribution in [0.3, 0.4) is 0 Å². The number of ether oxygens (including phenoxy) is 1. The third kappa shape index (κ3) is 3.70. The van der Waals surface area contributed by atoms with Gasteiger partial charge < -0.3 is 14.7 Å². The summed E-state index contributed by atoms with van der Waals surface area (Å²) in [6.45, 7) is 11.2. The second kappa shape index (κ2) is 6.10. The van der Waals surface area contributed by atoms with E-state index in [1.807, 2.05) is 12.1 Å². The van der Waals surface area contributed by atoms with Crippen molar-refractivity contribution in [3.63, 3.8) is 0 Å². The fourth-order valence-electron chi connectivity index (χ4n) is 2.41. The van der Waals surface area contributed by atoms with Crippen molar-refractivity contribution < 1.29 is 9.84 Å². The largest absolute Gasteiger partial charge is 0.392 e. The summed E-state index contributed by atoms with van der Waals surface area (Å²) in [5.74, 6) is 0.957. The van der Waals surface area contributed by atoms with Crippen molar-refractivity contribution in [2.75, 3.05) is 24.6 Å². The minimum atomic E-state index is -0.0199. The quantitative estimate of drug-likeness (QED) is 0.903. The average Bonchev–Trinajstić information content (AvgIpc) is 2.62. The first kappa shape index (κ1) is 15.3. The second-order valence-corrected chi connectivity index (χ2v) is 6.61. The van der Waals surface area contributed by atoms with Gasteiger partial charge in [-0.15, -0.1) is 0 Å². The maximum atomic E-state index is 9.49. The molecule has 1 aliphatic rings. The Morgan fingerprint density at radius 3 is 2.80 bits per heavy atom. The monoisotopic (exact) mass is 278 g/mol. The van der Waals surface area contributed by atoms with E-state index in [4.69, 9.17) is 9.72 Å². The summed E-state index contributed by atoms with van der Waals surface area (Å²) in [6, 6.07) is 3.99. The highest BCUT2D eigenvalue weighted by Crippen LogP contribution is 2.25. The summed E-state index contributed by atoms with van der Waals surface area (Å²) >= 11 is 0. The van der Waals surface area contributed by atoms with Crippen LogP contribution in [0.4, 0.5) is 5.82 Å². The summed E-state index contributed by atoms with van der Waals surface area (Å²) in [5, 5.41) is 9.49. The molecule has 112 valence electrons. The number of hydrogen-bond acceptors (Lipinski definition) is 4. The Hall–Kier alpha value is -1.13. The molecule has 1 atom stereocenters. The molecule has 4 heteroatoms. The standard InChI is InChI=1S/C16H26N2O2/c1-12-10-18(6-5-7-20-12)15-9-13(11-19)8-14(17-15)16(2,3)4/h8-9,12,19H,5-7,10-11H2,1-4H3. The van der Waals surface area contributed by atoms with Gasteiger partial charge in [0, 0.05) is 30.8 Å². The zero-order valence-corrected chi connectivity index (χ0v) is 13.0. The Bertz CT molecular complexity index is 454. The number of aliphatic hydroxyl groups excluding tert-OH is 1. The van der Waals surface area contributed by atoms with E-state index < -0.39 is 0 Å². The molecule has 1 aliphatic heterocycles. The van der Waals surface area contributed by atoms with E-state index in [9.17, 15) is 5.11 Å². The van der Waals surface area contributed by atoms with Gasteiger partial charge in [0.15, 0.2) is 0 Å². The summed E-state index contributed by atoms with van der Waals surface area (Å²) in [6.07, 6.45) is 1.23.